The van der Waals surface area contributed by atoms with Crippen LogP contribution in [-0.4, -0.2) is 61.5 Å². The Kier molecular flexibility index (Phi) is 6.92. The van der Waals surface area contributed by atoms with Gasteiger partial charge in [0.1, 0.15) is 0 Å². The third-order valence-electron chi connectivity index (χ3n) is 4.33. The highest BCUT2D eigenvalue weighted by Crippen LogP contribution is 2.21. The fourth-order valence-corrected chi connectivity index (χ4v) is 3.66. The summed E-state index contributed by atoms with van der Waals surface area (Å²) in [5.74, 6) is -1.82. The van der Waals surface area contributed by atoms with Crippen molar-refractivity contribution in [2.75, 3.05) is 31.2 Å². The summed E-state index contributed by atoms with van der Waals surface area (Å²) in [6, 6.07) is 6.27. The van der Waals surface area contributed by atoms with E-state index in [4.69, 9.17) is 5.11 Å². The molecule has 0 unspecified atom stereocenters. The zero-order chi connectivity index (χ0) is 20.0. The number of carbonyl (C=O) groups excluding carboxylic acids is 2. The summed E-state index contributed by atoms with van der Waals surface area (Å²) in [5.41, 5.74) is 0.896. The molecule has 0 radical (unpaired) electrons. The molecule has 1 aliphatic heterocycles. The van der Waals surface area contributed by atoms with Gasteiger partial charge in [0.15, 0.2) is 0 Å². The molecule has 27 heavy (non-hydrogen) atoms. The Hall–Kier alpha value is -2.46. The van der Waals surface area contributed by atoms with Crippen molar-refractivity contribution in [3.8, 4) is 0 Å². The van der Waals surface area contributed by atoms with Crippen molar-refractivity contribution in [3.05, 3.63) is 29.8 Å². The zero-order valence-electron chi connectivity index (χ0n) is 15.0. The van der Waals surface area contributed by atoms with E-state index in [9.17, 15) is 22.8 Å². The van der Waals surface area contributed by atoms with E-state index >= 15 is 0 Å². The van der Waals surface area contributed by atoms with Crippen LogP contribution in [0.5, 0.6) is 0 Å². The molecule has 0 spiro atoms. The molecule has 148 valence electrons. The molecule has 0 bridgehead atoms. The van der Waals surface area contributed by atoms with E-state index in [0.29, 0.717) is 37.2 Å². The van der Waals surface area contributed by atoms with E-state index in [1.807, 2.05) is 0 Å². The number of nitrogens with one attached hydrogen (secondary N) is 2. The number of carboxylic acids is 1. The lowest BCUT2D eigenvalue weighted by atomic mass is 9.97. The molecule has 2 amide bonds. The van der Waals surface area contributed by atoms with Gasteiger partial charge in [-0.2, -0.15) is 0 Å². The van der Waals surface area contributed by atoms with E-state index in [0.717, 1.165) is 6.26 Å². The molecule has 0 atom stereocenters. The zero-order valence-corrected chi connectivity index (χ0v) is 15.8. The van der Waals surface area contributed by atoms with Crippen LogP contribution in [0, 0.1) is 5.92 Å². The summed E-state index contributed by atoms with van der Waals surface area (Å²) >= 11 is 0. The molecule has 0 saturated carbocycles. The van der Waals surface area contributed by atoms with Gasteiger partial charge in [-0.05, 0) is 37.1 Å². The van der Waals surface area contributed by atoms with E-state index in [1.54, 1.807) is 12.1 Å². The van der Waals surface area contributed by atoms with Gasteiger partial charge in [-0.25, -0.2) is 12.7 Å². The molecule has 0 aliphatic carbocycles. The number of sulfonamides is 1. The van der Waals surface area contributed by atoms with Gasteiger partial charge in [0.05, 0.1) is 12.7 Å². The Labute approximate surface area is 157 Å². The van der Waals surface area contributed by atoms with Crippen LogP contribution in [-0.2, 0) is 19.6 Å². The van der Waals surface area contributed by atoms with E-state index in [2.05, 4.69) is 10.6 Å². The topological polar surface area (TPSA) is 133 Å². The van der Waals surface area contributed by atoms with Gasteiger partial charge in [0.25, 0.3) is 5.91 Å². The Morgan fingerprint density at radius 3 is 2.26 bits per heavy atom. The van der Waals surface area contributed by atoms with Crippen molar-refractivity contribution in [1.29, 1.82) is 0 Å². The minimum absolute atomic E-state index is 0.0405. The normalized spacial score (nSPS) is 15.9. The number of hydrogen-bond donors (Lipinski definition) is 3. The fourth-order valence-electron chi connectivity index (χ4n) is 2.78. The summed E-state index contributed by atoms with van der Waals surface area (Å²) in [7, 11) is -3.23. The number of hydrogen-bond acceptors (Lipinski definition) is 5. The Morgan fingerprint density at radius 2 is 1.74 bits per heavy atom. The van der Waals surface area contributed by atoms with Crippen LogP contribution in [0.4, 0.5) is 5.69 Å². The lowest BCUT2D eigenvalue weighted by Gasteiger charge is -2.29. The number of nitrogens with zero attached hydrogens (tertiary/aromatic N) is 1. The standard InChI is InChI=1S/C17H23N3O6S/c1-27(25,26)20-10-7-13(8-11-20)17(24)19-14-4-2-12(3-5-14)16(23)18-9-6-15(21)22/h2-5,13H,6-11H2,1H3,(H,18,23)(H,19,24)(H,21,22). The van der Waals surface area contributed by atoms with Crippen LogP contribution in [0.1, 0.15) is 29.6 Å². The fraction of sp³-hybridized carbons (Fsp3) is 0.471. The SMILES string of the molecule is CS(=O)(=O)N1CCC(C(=O)Nc2ccc(C(=O)NCCC(=O)O)cc2)CC1. The second-order valence-electron chi connectivity index (χ2n) is 6.40. The molecule has 1 fully saturated rings. The quantitative estimate of drug-likeness (QED) is 0.614. The highest BCUT2D eigenvalue weighted by Gasteiger charge is 2.28. The van der Waals surface area contributed by atoms with E-state index < -0.39 is 16.0 Å². The van der Waals surface area contributed by atoms with E-state index in [-0.39, 0.29) is 30.7 Å². The molecule has 1 aromatic carbocycles. The number of piperidine rings is 1. The number of carboxylic acid groups (broad SMARTS) is 1. The van der Waals surface area contributed by atoms with Crippen molar-refractivity contribution in [3.63, 3.8) is 0 Å². The summed E-state index contributed by atoms with van der Waals surface area (Å²) in [5, 5.41) is 13.8. The molecule has 1 aliphatic rings. The van der Waals surface area contributed by atoms with Crippen molar-refractivity contribution in [2.45, 2.75) is 19.3 Å². The van der Waals surface area contributed by atoms with Crippen LogP contribution in [0.25, 0.3) is 0 Å². The molecular weight excluding hydrogens is 374 g/mol. The number of amides is 2. The first-order valence-corrected chi connectivity index (χ1v) is 10.4. The summed E-state index contributed by atoms with van der Waals surface area (Å²) < 4.78 is 24.4. The van der Waals surface area contributed by atoms with Gasteiger partial charge in [-0.1, -0.05) is 0 Å². The maximum atomic E-state index is 12.3. The predicted octanol–water partition coefficient (Wildman–Crippen LogP) is 0.501. The molecular formula is C17H23N3O6S. The first-order chi connectivity index (χ1) is 12.7. The minimum atomic E-state index is -3.23. The van der Waals surface area contributed by atoms with E-state index in [1.165, 1.54) is 16.4 Å². The second kappa shape index (κ2) is 8.96. The molecule has 1 heterocycles. The lowest BCUT2D eigenvalue weighted by molar-refractivity contribution is -0.136. The van der Waals surface area contributed by atoms with Crippen LogP contribution in [0.15, 0.2) is 24.3 Å². The van der Waals surface area contributed by atoms with Crippen molar-refractivity contribution >= 4 is 33.5 Å². The van der Waals surface area contributed by atoms with Gasteiger partial charge in [0, 0.05) is 36.8 Å². The lowest BCUT2D eigenvalue weighted by Crippen LogP contribution is -2.40. The highest BCUT2D eigenvalue weighted by molar-refractivity contribution is 7.88. The molecule has 2 rings (SSSR count). The van der Waals surface area contributed by atoms with Crippen molar-refractivity contribution < 1.29 is 27.9 Å². The number of aliphatic carboxylic acids is 1. The number of benzene rings is 1. The Balaban J connectivity index is 1.84. The molecule has 1 saturated heterocycles. The van der Waals surface area contributed by atoms with Gasteiger partial charge in [-0.3, -0.25) is 14.4 Å². The Morgan fingerprint density at radius 1 is 1.15 bits per heavy atom. The molecule has 0 aromatic heterocycles. The third-order valence-corrected chi connectivity index (χ3v) is 5.64. The summed E-state index contributed by atoms with van der Waals surface area (Å²) in [6.45, 7) is 0.692. The maximum Gasteiger partial charge on any atom is 0.305 e. The number of carbonyl (C=O) groups is 3. The molecule has 9 nitrogen and oxygen atoms in total. The average Bonchev–Trinajstić information content (AvgIpc) is 2.61. The Bertz CT molecular complexity index is 798. The summed E-state index contributed by atoms with van der Waals surface area (Å²) in [4.78, 5) is 34.6. The summed E-state index contributed by atoms with van der Waals surface area (Å²) in [6.07, 6.45) is 1.93. The van der Waals surface area contributed by atoms with Crippen LogP contribution >= 0.6 is 0 Å². The largest absolute Gasteiger partial charge is 0.481 e. The van der Waals surface area contributed by atoms with Crippen molar-refractivity contribution in [2.24, 2.45) is 5.92 Å². The highest BCUT2D eigenvalue weighted by atomic mass is 32.2. The monoisotopic (exact) mass is 397 g/mol. The predicted molar refractivity (Wildman–Crippen MR) is 98.8 cm³/mol. The minimum Gasteiger partial charge on any atom is -0.481 e. The van der Waals surface area contributed by atoms with Crippen molar-refractivity contribution in [1.82, 2.24) is 9.62 Å². The molecule has 10 heteroatoms. The van der Waals surface area contributed by atoms with Crippen LogP contribution in [0.2, 0.25) is 0 Å². The van der Waals surface area contributed by atoms with Crippen LogP contribution < -0.4 is 10.6 Å². The maximum absolute atomic E-state index is 12.3. The number of rotatable bonds is 7. The van der Waals surface area contributed by atoms with Gasteiger partial charge >= 0.3 is 5.97 Å². The third kappa shape index (κ3) is 6.33. The first-order valence-electron chi connectivity index (χ1n) is 8.53. The smallest absolute Gasteiger partial charge is 0.305 e. The van der Waals surface area contributed by atoms with Gasteiger partial charge in [0.2, 0.25) is 15.9 Å². The van der Waals surface area contributed by atoms with Gasteiger partial charge < -0.3 is 15.7 Å². The van der Waals surface area contributed by atoms with Gasteiger partial charge in [-0.15, -0.1) is 0 Å². The molecule has 1 aromatic rings. The second-order valence-corrected chi connectivity index (χ2v) is 8.38. The average molecular weight is 397 g/mol. The van der Waals surface area contributed by atoms with Crippen LogP contribution in [0.3, 0.4) is 0 Å². The molecule has 3 N–H and O–H groups in total. The number of anilines is 1. The first kappa shape index (κ1) is 20.8.